The summed E-state index contributed by atoms with van der Waals surface area (Å²) in [7, 11) is -3.79. The molecule has 0 atom stereocenters. The van der Waals surface area contributed by atoms with Gasteiger partial charge >= 0.3 is 0 Å². The molecule has 0 heterocycles. The van der Waals surface area contributed by atoms with Gasteiger partial charge < -0.3 is 0 Å². The summed E-state index contributed by atoms with van der Waals surface area (Å²) in [4.78, 5) is 7.02. The van der Waals surface area contributed by atoms with Gasteiger partial charge in [-0.25, -0.2) is 8.42 Å². The van der Waals surface area contributed by atoms with Gasteiger partial charge in [0.2, 0.25) is 0 Å². The summed E-state index contributed by atoms with van der Waals surface area (Å²) >= 11 is 0. The molecule has 0 saturated carbocycles. The molecule has 6 heteroatoms. The minimum atomic E-state index is -3.79. The maximum Gasteiger partial charge on any atom is 0.262 e. The van der Waals surface area contributed by atoms with Crippen LogP contribution in [0.2, 0.25) is 0 Å². The van der Waals surface area contributed by atoms with Gasteiger partial charge in [-0.2, -0.15) is 5.26 Å². The smallest absolute Gasteiger partial charge is 0.262 e. The Hall–Kier alpha value is -2.20. The number of benzene rings is 2. The van der Waals surface area contributed by atoms with E-state index in [9.17, 15) is 8.42 Å². The standard InChI is InChI=1S/C14H12N2O3S/c15-10-13-7-4-8-14(9-13)20(17,18)16-19-11-12-5-2-1-3-6-12/h1-9,16H,11H2. The lowest BCUT2D eigenvalue weighted by Gasteiger charge is -2.07. The first-order chi connectivity index (χ1) is 9.62. The van der Waals surface area contributed by atoms with E-state index in [1.165, 1.54) is 24.3 Å². The van der Waals surface area contributed by atoms with Crippen LogP contribution in [0.4, 0.5) is 0 Å². The molecule has 0 unspecified atom stereocenters. The van der Waals surface area contributed by atoms with Gasteiger partial charge in [-0.1, -0.05) is 41.3 Å². The van der Waals surface area contributed by atoms with Crippen LogP contribution in [0.3, 0.4) is 0 Å². The Kier molecular flexibility index (Phi) is 4.48. The van der Waals surface area contributed by atoms with Crippen LogP contribution >= 0.6 is 0 Å². The molecule has 0 fully saturated rings. The van der Waals surface area contributed by atoms with Crippen LogP contribution in [-0.4, -0.2) is 8.42 Å². The van der Waals surface area contributed by atoms with Crippen molar-refractivity contribution in [1.82, 2.24) is 4.89 Å². The Labute approximate surface area is 117 Å². The predicted octanol–water partition coefficient (Wildman–Crippen LogP) is 1.97. The predicted molar refractivity (Wildman–Crippen MR) is 72.7 cm³/mol. The fourth-order valence-electron chi connectivity index (χ4n) is 1.55. The maximum atomic E-state index is 11.9. The van der Waals surface area contributed by atoms with E-state index in [1.807, 2.05) is 41.3 Å². The first-order valence-corrected chi connectivity index (χ1v) is 7.28. The van der Waals surface area contributed by atoms with Crippen molar-refractivity contribution in [2.45, 2.75) is 11.5 Å². The number of rotatable bonds is 5. The number of nitriles is 1. The van der Waals surface area contributed by atoms with Gasteiger partial charge in [0.25, 0.3) is 10.0 Å². The molecule has 0 bridgehead atoms. The average molecular weight is 288 g/mol. The number of hydrogen-bond acceptors (Lipinski definition) is 4. The van der Waals surface area contributed by atoms with Crippen LogP contribution in [0.15, 0.2) is 59.5 Å². The summed E-state index contributed by atoms with van der Waals surface area (Å²) in [6.07, 6.45) is 0. The molecule has 2 aromatic carbocycles. The highest BCUT2D eigenvalue weighted by atomic mass is 32.2. The van der Waals surface area contributed by atoms with E-state index >= 15 is 0 Å². The van der Waals surface area contributed by atoms with E-state index in [0.29, 0.717) is 0 Å². The zero-order chi connectivity index (χ0) is 14.4. The van der Waals surface area contributed by atoms with Crippen molar-refractivity contribution in [3.63, 3.8) is 0 Å². The SMILES string of the molecule is N#Cc1cccc(S(=O)(=O)NOCc2ccccc2)c1. The van der Waals surface area contributed by atoms with Crippen molar-refractivity contribution in [2.24, 2.45) is 0 Å². The minimum absolute atomic E-state index is 0.00962. The zero-order valence-electron chi connectivity index (χ0n) is 10.5. The maximum absolute atomic E-state index is 11.9. The van der Waals surface area contributed by atoms with Gasteiger partial charge in [-0.15, -0.1) is 0 Å². The molecule has 102 valence electrons. The normalized spacial score (nSPS) is 10.9. The van der Waals surface area contributed by atoms with Gasteiger partial charge in [-0.05, 0) is 23.8 Å². The Morgan fingerprint density at radius 1 is 1.10 bits per heavy atom. The molecule has 0 radical (unpaired) electrons. The summed E-state index contributed by atoms with van der Waals surface area (Å²) in [5, 5.41) is 8.76. The summed E-state index contributed by atoms with van der Waals surface area (Å²) in [5.74, 6) is 0. The van der Waals surface area contributed by atoms with Crippen LogP contribution < -0.4 is 4.89 Å². The summed E-state index contributed by atoms with van der Waals surface area (Å²) < 4.78 is 23.9. The highest BCUT2D eigenvalue weighted by Crippen LogP contribution is 2.11. The van der Waals surface area contributed by atoms with Crippen molar-refractivity contribution >= 4 is 10.0 Å². The minimum Gasteiger partial charge on any atom is -0.282 e. The lowest BCUT2D eigenvalue weighted by atomic mass is 10.2. The van der Waals surface area contributed by atoms with Crippen molar-refractivity contribution in [3.8, 4) is 6.07 Å². The Balaban J connectivity index is 2.02. The molecule has 0 aliphatic heterocycles. The molecule has 1 N–H and O–H groups in total. The van der Waals surface area contributed by atoms with Crippen LogP contribution in [0.1, 0.15) is 11.1 Å². The van der Waals surface area contributed by atoms with E-state index < -0.39 is 10.0 Å². The van der Waals surface area contributed by atoms with Crippen molar-refractivity contribution < 1.29 is 13.3 Å². The quantitative estimate of drug-likeness (QED) is 0.853. The van der Waals surface area contributed by atoms with E-state index in [2.05, 4.69) is 0 Å². The molecule has 0 saturated heterocycles. The van der Waals surface area contributed by atoms with Gasteiger partial charge in [0, 0.05) is 0 Å². The third kappa shape index (κ3) is 3.65. The van der Waals surface area contributed by atoms with E-state index in [4.69, 9.17) is 10.1 Å². The largest absolute Gasteiger partial charge is 0.282 e. The number of nitrogens with one attached hydrogen (secondary N) is 1. The first-order valence-electron chi connectivity index (χ1n) is 5.79. The number of nitrogens with zero attached hydrogens (tertiary/aromatic N) is 1. The van der Waals surface area contributed by atoms with Crippen LogP contribution in [-0.2, 0) is 21.5 Å². The lowest BCUT2D eigenvalue weighted by Crippen LogP contribution is -2.24. The molecule has 2 aromatic rings. The monoisotopic (exact) mass is 288 g/mol. The van der Waals surface area contributed by atoms with Crippen LogP contribution in [0, 0.1) is 11.3 Å². The summed E-state index contributed by atoms with van der Waals surface area (Å²) in [6.45, 7) is 0.123. The fraction of sp³-hybridized carbons (Fsp3) is 0.0714. The molecule has 0 amide bonds. The first kappa shape index (κ1) is 14.2. The van der Waals surface area contributed by atoms with Gasteiger partial charge in [0.05, 0.1) is 23.1 Å². The van der Waals surface area contributed by atoms with Gasteiger partial charge in [-0.3, -0.25) is 4.84 Å². The Morgan fingerprint density at radius 2 is 1.85 bits per heavy atom. The van der Waals surface area contributed by atoms with E-state index in [1.54, 1.807) is 0 Å². The zero-order valence-corrected chi connectivity index (χ0v) is 11.3. The Bertz CT molecular complexity index is 722. The highest BCUT2D eigenvalue weighted by Gasteiger charge is 2.14. The van der Waals surface area contributed by atoms with Crippen molar-refractivity contribution in [1.29, 1.82) is 5.26 Å². The molecule has 20 heavy (non-hydrogen) atoms. The molecule has 0 aliphatic carbocycles. The van der Waals surface area contributed by atoms with Crippen molar-refractivity contribution in [2.75, 3.05) is 0 Å². The topological polar surface area (TPSA) is 79.2 Å². The second kappa shape index (κ2) is 6.30. The fourth-order valence-corrected chi connectivity index (χ4v) is 2.40. The molecular formula is C14H12N2O3S. The highest BCUT2D eigenvalue weighted by molar-refractivity contribution is 7.89. The molecule has 0 aliphatic rings. The van der Waals surface area contributed by atoms with Gasteiger partial charge in [0.15, 0.2) is 0 Å². The Morgan fingerprint density at radius 3 is 2.55 bits per heavy atom. The molecule has 2 rings (SSSR count). The van der Waals surface area contributed by atoms with Crippen LogP contribution in [0.25, 0.3) is 0 Å². The average Bonchev–Trinajstić information content (AvgIpc) is 2.48. The lowest BCUT2D eigenvalue weighted by molar-refractivity contribution is 0.0795. The molecular weight excluding hydrogens is 276 g/mol. The summed E-state index contributed by atoms with van der Waals surface area (Å²) in [5.41, 5.74) is 1.12. The second-order valence-corrected chi connectivity index (χ2v) is 5.65. The van der Waals surface area contributed by atoms with Crippen molar-refractivity contribution in [3.05, 3.63) is 65.7 Å². The van der Waals surface area contributed by atoms with Gasteiger partial charge in [0.1, 0.15) is 0 Å². The van der Waals surface area contributed by atoms with Crippen LogP contribution in [0.5, 0.6) is 0 Å². The third-order valence-electron chi connectivity index (χ3n) is 2.52. The third-order valence-corrected chi connectivity index (χ3v) is 3.74. The second-order valence-electron chi connectivity index (χ2n) is 4.00. The number of sulfonamides is 1. The molecule has 0 spiro atoms. The molecule has 0 aromatic heterocycles. The molecule has 5 nitrogen and oxygen atoms in total. The van der Waals surface area contributed by atoms with E-state index in [-0.39, 0.29) is 17.1 Å². The number of hydrogen-bond donors (Lipinski definition) is 1. The summed E-state index contributed by atoms with van der Waals surface area (Å²) in [6, 6.07) is 16.8. The van der Waals surface area contributed by atoms with E-state index in [0.717, 1.165) is 5.56 Å².